The quantitative estimate of drug-likeness (QED) is 0.488. The van der Waals surface area contributed by atoms with E-state index in [1.165, 1.54) is 11.8 Å². The van der Waals surface area contributed by atoms with Gasteiger partial charge in [0.2, 0.25) is 5.16 Å². The fourth-order valence-electron chi connectivity index (χ4n) is 2.14. The number of hydrogen-bond donors (Lipinski definition) is 0. The highest BCUT2D eigenvalue weighted by molar-refractivity contribution is 7.98. The molecular weight excluding hydrogens is 328 g/mol. The standard InChI is InChI=1S/C14H12N8OS/c1-2-5-11(6-3-1)22-13(15-17-20-22)10-24-14-16-18-19-21(14)9-12-7-4-8-23-12/h1-8H,9-10H2. The molecule has 0 aliphatic rings. The number of hydrogen-bond acceptors (Lipinski definition) is 8. The van der Waals surface area contributed by atoms with Crippen LogP contribution in [0, 0.1) is 0 Å². The largest absolute Gasteiger partial charge is 0.467 e. The van der Waals surface area contributed by atoms with Crippen LogP contribution in [0.3, 0.4) is 0 Å². The summed E-state index contributed by atoms with van der Waals surface area (Å²) < 4.78 is 8.71. The van der Waals surface area contributed by atoms with Crippen molar-refractivity contribution in [2.24, 2.45) is 0 Å². The van der Waals surface area contributed by atoms with Gasteiger partial charge in [-0.25, -0.2) is 4.68 Å². The molecule has 0 amide bonds. The van der Waals surface area contributed by atoms with Crippen molar-refractivity contribution in [2.75, 3.05) is 0 Å². The van der Waals surface area contributed by atoms with Crippen molar-refractivity contribution in [1.82, 2.24) is 40.4 Å². The van der Waals surface area contributed by atoms with E-state index in [0.29, 0.717) is 17.5 Å². The molecule has 0 bridgehead atoms. The number of benzene rings is 1. The number of nitrogens with zero attached hydrogens (tertiary/aromatic N) is 8. The molecule has 0 N–H and O–H groups in total. The molecule has 0 spiro atoms. The predicted octanol–water partition coefficient (Wildman–Crippen LogP) is 1.58. The zero-order valence-electron chi connectivity index (χ0n) is 12.4. The topological polar surface area (TPSA) is 100 Å². The predicted molar refractivity (Wildman–Crippen MR) is 84.3 cm³/mol. The SMILES string of the molecule is c1ccc(-n2nnnc2CSc2nnnn2Cc2ccco2)cc1. The van der Waals surface area contributed by atoms with E-state index in [4.69, 9.17) is 4.42 Å². The molecule has 0 fully saturated rings. The maximum Gasteiger partial charge on any atom is 0.210 e. The monoisotopic (exact) mass is 340 g/mol. The Hall–Kier alpha value is -3.01. The molecule has 24 heavy (non-hydrogen) atoms. The lowest BCUT2D eigenvalue weighted by Crippen LogP contribution is -2.05. The molecule has 4 rings (SSSR count). The van der Waals surface area contributed by atoms with Crippen LogP contribution < -0.4 is 0 Å². The van der Waals surface area contributed by atoms with Crippen LogP contribution in [0.1, 0.15) is 11.6 Å². The Bertz CT molecular complexity index is 902. The molecule has 10 heteroatoms. The maximum absolute atomic E-state index is 5.33. The first-order valence-corrected chi connectivity index (χ1v) is 8.13. The Morgan fingerprint density at radius 3 is 2.67 bits per heavy atom. The highest BCUT2D eigenvalue weighted by Gasteiger charge is 2.13. The lowest BCUT2D eigenvalue weighted by atomic mass is 10.3. The molecule has 0 aliphatic carbocycles. The van der Waals surface area contributed by atoms with Gasteiger partial charge in [0.05, 0.1) is 17.7 Å². The molecule has 9 nitrogen and oxygen atoms in total. The van der Waals surface area contributed by atoms with Gasteiger partial charge in [0.15, 0.2) is 5.82 Å². The number of para-hydroxylation sites is 1. The van der Waals surface area contributed by atoms with Crippen LogP contribution in [0.5, 0.6) is 0 Å². The fourth-order valence-corrected chi connectivity index (χ4v) is 2.93. The van der Waals surface area contributed by atoms with Gasteiger partial charge in [0.25, 0.3) is 0 Å². The Morgan fingerprint density at radius 1 is 0.958 bits per heavy atom. The van der Waals surface area contributed by atoms with Gasteiger partial charge >= 0.3 is 0 Å². The number of tetrazole rings is 2. The van der Waals surface area contributed by atoms with Gasteiger partial charge in [-0.2, -0.15) is 4.68 Å². The van der Waals surface area contributed by atoms with Gasteiger partial charge in [-0.05, 0) is 45.1 Å². The van der Waals surface area contributed by atoms with Gasteiger partial charge in [-0.3, -0.25) is 0 Å². The average Bonchev–Trinajstić information content (AvgIpc) is 3.36. The third-order valence-corrected chi connectivity index (χ3v) is 4.20. The Balaban J connectivity index is 1.49. The third-order valence-electron chi connectivity index (χ3n) is 3.25. The van der Waals surface area contributed by atoms with Crippen molar-refractivity contribution < 1.29 is 4.42 Å². The normalized spacial score (nSPS) is 11.0. The van der Waals surface area contributed by atoms with Crippen LogP contribution >= 0.6 is 11.8 Å². The Kier molecular flexibility index (Phi) is 4.02. The minimum Gasteiger partial charge on any atom is -0.467 e. The summed E-state index contributed by atoms with van der Waals surface area (Å²) in [6.45, 7) is 0.478. The van der Waals surface area contributed by atoms with Gasteiger partial charge in [0.1, 0.15) is 12.3 Å². The summed E-state index contributed by atoms with van der Waals surface area (Å²) in [6, 6.07) is 13.4. The molecule has 0 atom stereocenters. The van der Waals surface area contributed by atoms with Crippen molar-refractivity contribution in [3.05, 3.63) is 60.3 Å². The fraction of sp³-hybridized carbons (Fsp3) is 0.143. The number of aromatic nitrogens is 8. The van der Waals surface area contributed by atoms with E-state index in [-0.39, 0.29) is 0 Å². The Labute approximate surface area is 140 Å². The van der Waals surface area contributed by atoms with Crippen LogP contribution in [0.4, 0.5) is 0 Å². The molecule has 0 saturated heterocycles. The van der Waals surface area contributed by atoms with E-state index in [2.05, 4.69) is 31.1 Å². The molecule has 0 unspecified atom stereocenters. The van der Waals surface area contributed by atoms with Crippen molar-refractivity contribution in [3.8, 4) is 5.69 Å². The number of furan rings is 1. The van der Waals surface area contributed by atoms with Crippen LogP contribution in [0.15, 0.2) is 58.3 Å². The zero-order valence-corrected chi connectivity index (χ0v) is 13.2. The van der Waals surface area contributed by atoms with E-state index < -0.39 is 0 Å². The minimum absolute atomic E-state index is 0.478. The van der Waals surface area contributed by atoms with Gasteiger partial charge in [-0.15, -0.1) is 10.2 Å². The summed E-state index contributed by atoms with van der Waals surface area (Å²) in [5.41, 5.74) is 0.910. The average molecular weight is 340 g/mol. The minimum atomic E-state index is 0.478. The van der Waals surface area contributed by atoms with Crippen molar-refractivity contribution >= 4 is 11.8 Å². The first kappa shape index (κ1) is 14.6. The number of thioether (sulfide) groups is 1. The highest BCUT2D eigenvalue weighted by atomic mass is 32.2. The summed E-state index contributed by atoms with van der Waals surface area (Å²) in [5.74, 6) is 2.05. The van der Waals surface area contributed by atoms with E-state index in [1.54, 1.807) is 15.6 Å². The van der Waals surface area contributed by atoms with E-state index >= 15 is 0 Å². The number of rotatable bonds is 6. The molecule has 0 radical (unpaired) electrons. The summed E-state index contributed by atoms with van der Waals surface area (Å²) in [6.07, 6.45) is 1.63. The second kappa shape index (κ2) is 6.62. The molecule has 0 saturated carbocycles. The lowest BCUT2D eigenvalue weighted by molar-refractivity contribution is 0.462. The summed E-state index contributed by atoms with van der Waals surface area (Å²) in [5, 5.41) is 24.3. The molecule has 3 heterocycles. The van der Waals surface area contributed by atoms with Crippen LogP contribution in [0.2, 0.25) is 0 Å². The molecule has 0 aliphatic heterocycles. The molecule has 1 aromatic carbocycles. The summed E-state index contributed by atoms with van der Waals surface area (Å²) >= 11 is 1.46. The smallest absolute Gasteiger partial charge is 0.210 e. The van der Waals surface area contributed by atoms with Crippen molar-refractivity contribution in [2.45, 2.75) is 17.5 Å². The van der Waals surface area contributed by atoms with E-state index in [9.17, 15) is 0 Å². The van der Waals surface area contributed by atoms with Crippen LogP contribution in [-0.2, 0) is 12.3 Å². The second-order valence-corrected chi connectivity index (χ2v) is 5.77. The second-order valence-electron chi connectivity index (χ2n) is 4.83. The van der Waals surface area contributed by atoms with E-state index in [0.717, 1.165) is 17.3 Å². The Morgan fingerprint density at radius 2 is 1.83 bits per heavy atom. The van der Waals surface area contributed by atoms with Crippen molar-refractivity contribution in [3.63, 3.8) is 0 Å². The van der Waals surface area contributed by atoms with Gasteiger partial charge < -0.3 is 4.42 Å². The third kappa shape index (κ3) is 3.04. The molecule has 3 aromatic heterocycles. The molecule has 120 valence electrons. The summed E-state index contributed by atoms with van der Waals surface area (Å²) in [4.78, 5) is 0. The first-order valence-electron chi connectivity index (χ1n) is 7.14. The maximum atomic E-state index is 5.33. The van der Waals surface area contributed by atoms with Gasteiger partial charge in [0, 0.05) is 0 Å². The first-order chi connectivity index (χ1) is 11.9. The van der Waals surface area contributed by atoms with E-state index in [1.807, 2.05) is 42.5 Å². The van der Waals surface area contributed by atoms with Crippen LogP contribution in [0.25, 0.3) is 5.69 Å². The molecule has 4 aromatic rings. The molecular formula is C14H12N8OS. The van der Waals surface area contributed by atoms with Crippen LogP contribution in [-0.4, -0.2) is 40.4 Å². The van der Waals surface area contributed by atoms with Gasteiger partial charge in [-0.1, -0.05) is 30.0 Å². The highest BCUT2D eigenvalue weighted by Crippen LogP contribution is 2.20. The summed E-state index contributed by atoms with van der Waals surface area (Å²) in [7, 11) is 0. The zero-order chi connectivity index (χ0) is 16.2. The lowest BCUT2D eigenvalue weighted by Gasteiger charge is -2.04. The van der Waals surface area contributed by atoms with Crippen molar-refractivity contribution in [1.29, 1.82) is 0 Å².